The van der Waals surface area contributed by atoms with Crippen molar-refractivity contribution in [3.05, 3.63) is 0 Å². The molecule has 3 atom stereocenters. The summed E-state index contributed by atoms with van der Waals surface area (Å²) in [5, 5.41) is 17.0. The lowest BCUT2D eigenvalue weighted by atomic mass is 10.2. The van der Waals surface area contributed by atoms with Crippen molar-refractivity contribution >= 4 is 37.1 Å². The van der Waals surface area contributed by atoms with Gasteiger partial charge in [0.05, 0.1) is 57.9 Å². The Bertz CT molecular complexity index is 654. The van der Waals surface area contributed by atoms with Gasteiger partial charge in [0.25, 0.3) is 0 Å². The summed E-state index contributed by atoms with van der Waals surface area (Å²) in [5.41, 5.74) is 5.86. The van der Waals surface area contributed by atoms with Crippen LogP contribution in [0.4, 0.5) is 0 Å². The minimum absolute atomic E-state index is 0.0913. The van der Waals surface area contributed by atoms with Gasteiger partial charge in [0.15, 0.2) is 0 Å². The van der Waals surface area contributed by atoms with E-state index >= 15 is 0 Å². The Morgan fingerprint density at radius 2 is 1.68 bits per heavy atom. The van der Waals surface area contributed by atoms with Crippen LogP contribution in [0.15, 0.2) is 0 Å². The smallest absolute Gasteiger partial charge is 0.327 e. The number of nitrogens with two attached hydrogens (primary N) is 1. The highest BCUT2D eigenvalue weighted by molar-refractivity contribution is 7.99. The van der Waals surface area contributed by atoms with Crippen LogP contribution in [-0.4, -0.2) is 122 Å². The van der Waals surface area contributed by atoms with Crippen LogP contribution in [0.2, 0.25) is 0 Å². The van der Waals surface area contributed by atoms with Crippen molar-refractivity contribution in [1.82, 2.24) is 16.0 Å². The second-order valence-electron chi connectivity index (χ2n) is 7.14. The Balaban J connectivity index is 4.11. The molecule has 8 N–H and O–H groups in total. The third-order valence-corrected chi connectivity index (χ3v) is 5.99. The SMILES string of the molecule is COC[C@H](CSC[C@H](N)C(=O)N[C@@H](CO)C(=O)NCCOCCOCCP(=O)(O)O)NC(C)=O. The Hall–Kier alpha value is -1.29. The number of carbonyl (C=O) groups is 3. The fourth-order valence-corrected chi connectivity index (χ4v) is 3.75. The molecule has 0 fully saturated rings. The van der Waals surface area contributed by atoms with Crippen LogP contribution in [0, 0.1) is 0 Å². The molecule has 14 nitrogen and oxygen atoms in total. The lowest BCUT2D eigenvalue weighted by Crippen LogP contribution is -2.54. The maximum Gasteiger partial charge on any atom is 0.327 e. The Morgan fingerprint density at radius 1 is 1.03 bits per heavy atom. The first-order chi connectivity index (χ1) is 16.0. The first-order valence-corrected chi connectivity index (χ1v) is 13.4. The highest BCUT2D eigenvalue weighted by Crippen LogP contribution is 2.33. The van der Waals surface area contributed by atoms with Crippen LogP contribution in [-0.2, 0) is 33.2 Å². The lowest BCUT2D eigenvalue weighted by molar-refractivity contribution is -0.130. The van der Waals surface area contributed by atoms with E-state index in [1.165, 1.54) is 25.8 Å². The zero-order valence-electron chi connectivity index (χ0n) is 19.4. The van der Waals surface area contributed by atoms with Gasteiger partial charge in [0.1, 0.15) is 6.04 Å². The van der Waals surface area contributed by atoms with Gasteiger partial charge in [0.2, 0.25) is 17.7 Å². The molecule has 0 aromatic heterocycles. The number of rotatable bonds is 20. The molecule has 0 saturated heterocycles. The summed E-state index contributed by atoms with van der Waals surface area (Å²) in [6.45, 7) is 1.54. The van der Waals surface area contributed by atoms with Crippen LogP contribution < -0.4 is 21.7 Å². The molecule has 0 spiro atoms. The largest absolute Gasteiger partial charge is 0.394 e. The zero-order chi connectivity index (χ0) is 26.0. The van der Waals surface area contributed by atoms with Crippen LogP contribution in [0.1, 0.15) is 6.92 Å². The molecule has 0 radical (unpaired) electrons. The predicted octanol–water partition coefficient (Wildman–Crippen LogP) is -3.00. The fraction of sp³-hybridized carbons (Fsp3) is 0.833. The predicted molar refractivity (Wildman–Crippen MR) is 125 cm³/mol. The maximum absolute atomic E-state index is 12.2. The van der Waals surface area contributed by atoms with E-state index in [0.29, 0.717) is 12.4 Å². The maximum atomic E-state index is 12.2. The standard InChI is InChI=1S/C18H37N4O10PS/c1-13(24)21-14(10-30-2)11-34-12-15(19)17(25)22-16(9-23)18(26)20-3-4-31-5-6-32-7-8-33(27,28)29/h14-16,23H,3-12,19H2,1-2H3,(H,20,26)(H,21,24)(H,22,25)(H2,27,28,29)/t14-,15+,16+/m1/s1. The Labute approximate surface area is 203 Å². The molecule has 0 bridgehead atoms. The van der Waals surface area contributed by atoms with Gasteiger partial charge < -0.3 is 50.8 Å². The number of nitrogens with one attached hydrogen (secondary N) is 3. The van der Waals surface area contributed by atoms with E-state index in [-0.39, 0.29) is 56.8 Å². The summed E-state index contributed by atoms with van der Waals surface area (Å²) < 4.78 is 25.9. The molecule has 0 heterocycles. The molecule has 0 rings (SSSR count). The van der Waals surface area contributed by atoms with Crippen molar-refractivity contribution in [2.45, 2.75) is 25.0 Å². The second kappa shape index (κ2) is 19.0. The molecule has 0 saturated carbocycles. The first kappa shape index (κ1) is 32.7. The van der Waals surface area contributed by atoms with Gasteiger partial charge in [-0.2, -0.15) is 11.8 Å². The van der Waals surface area contributed by atoms with Gasteiger partial charge in [-0.05, 0) is 0 Å². The molecule has 0 unspecified atom stereocenters. The van der Waals surface area contributed by atoms with Crippen LogP contribution in [0.5, 0.6) is 0 Å². The summed E-state index contributed by atoms with van der Waals surface area (Å²) >= 11 is 1.34. The van der Waals surface area contributed by atoms with Crippen molar-refractivity contribution in [2.75, 3.05) is 71.0 Å². The van der Waals surface area contributed by atoms with Crippen molar-refractivity contribution in [3.8, 4) is 0 Å². The summed E-state index contributed by atoms with van der Waals surface area (Å²) in [6.07, 6.45) is -0.370. The van der Waals surface area contributed by atoms with Crippen molar-refractivity contribution in [1.29, 1.82) is 0 Å². The zero-order valence-corrected chi connectivity index (χ0v) is 21.1. The minimum Gasteiger partial charge on any atom is -0.394 e. The molecule has 0 aliphatic carbocycles. The van der Waals surface area contributed by atoms with Crippen molar-refractivity contribution < 1.29 is 48.1 Å². The quantitative estimate of drug-likeness (QED) is 0.0616. The van der Waals surface area contributed by atoms with Gasteiger partial charge in [-0.15, -0.1) is 0 Å². The Morgan fingerprint density at radius 3 is 2.24 bits per heavy atom. The number of hydrogen-bond donors (Lipinski definition) is 7. The van der Waals surface area contributed by atoms with Crippen LogP contribution in [0.25, 0.3) is 0 Å². The van der Waals surface area contributed by atoms with E-state index in [4.69, 9.17) is 29.7 Å². The Kier molecular flexibility index (Phi) is 18.2. The highest BCUT2D eigenvalue weighted by atomic mass is 32.2. The van der Waals surface area contributed by atoms with E-state index in [2.05, 4.69) is 16.0 Å². The van der Waals surface area contributed by atoms with Gasteiger partial charge in [-0.3, -0.25) is 18.9 Å². The third-order valence-electron chi connectivity index (χ3n) is 3.99. The summed E-state index contributed by atoms with van der Waals surface area (Å²) in [5.74, 6) is -0.697. The summed E-state index contributed by atoms with van der Waals surface area (Å²) in [6, 6.07) is -2.34. The minimum atomic E-state index is -4.08. The summed E-state index contributed by atoms with van der Waals surface area (Å²) in [4.78, 5) is 52.9. The molecule has 0 aliphatic rings. The van der Waals surface area contributed by atoms with Gasteiger partial charge in [-0.1, -0.05) is 0 Å². The van der Waals surface area contributed by atoms with E-state index in [1.54, 1.807) is 0 Å². The van der Waals surface area contributed by atoms with Crippen molar-refractivity contribution in [2.24, 2.45) is 5.73 Å². The topological polar surface area (TPSA) is 219 Å². The average molecular weight is 533 g/mol. The fourth-order valence-electron chi connectivity index (χ4n) is 2.38. The molecule has 0 aromatic rings. The van der Waals surface area contributed by atoms with E-state index in [0.717, 1.165) is 0 Å². The van der Waals surface area contributed by atoms with Crippen LogP contribution >= 0.6 is 19.4 Å². The number of thioether (sulfide) groups is 1. The average Bonchev–Trinajstić information content (AvgIpc) is 2.74. The molecule has 16 heteroatoms. The van der Waals surface area contributed by atoms with Crippen LogP contribution in [0.3, 0.4) is 0 Å². The first-order valence-electron chi connectivity index (χ1n) is 10.5. The van der Waals surface area contributed by atoms with Crippen molar-refractivity contribution in [3.63, 3.8) is 0 Å². The van der Waals surface area contributed by atoms with Gasteiger partial charge in [0, 0.05) is 32.1 Å². The molecule has 0 aromatic carbocycles. The molecular formula is C18H37N4O10PS. The number of methoxy groups -OCH3 is 1. The molecule has 0 aliphatic heterocycles. The molecule has 200 valence electrons. The monoisotopic (exact) mass is 532 g/mol. The van der Waals surface area contributed by atoms with Gasteiger partial charge in [-0.25, -0.2) is 0 Å². The molecular weight excluding hydrogens is 495 g/mol. The van der Waals surface area contributed by atoms with E-state index in [1.807, 2.05) is 0 Å². The molecule has 34 heavy (non-hydrogen) atoms. The number of amides is 3. The third kappa shape index (κ3) is 18.1. The number of hydrogen-bond acceptors (Lipinski definition) is 10. The lowest BCUT2D eigenvalue weighted by Gasteiger charge is -2.20. The number of ether oxygens (including phenoxy) is 3. The van der Waals surface area contributed by atoms with E-state index < -0.39 is 38.1 Å². The normalized spacial score (nSPS) is 14.2. The number of aliphatic hydroxyl groups is 1. The molecule has 3 amide bonds. The number of carbonyl (C=O) groups excluding carboxylic acids is 3. The van der Waals surface area contributed by atoms with Gasteiger partial charge >= 0.3 is 7.60 Å². The highest BCUT2D eigenvalue weighted by Gasteiger charge is 2.23. The summed E-state index contributed by atoms with van der Waals surface area (Å²) in [7, 11) is -2.57. The second-order valence-corrected chi connectivity index (χ2v) is 10.00. The number of aliphatic hydroxyl groups excluding tert-OH is 1. The van der Waals surface area contributed by atoms with E-state index in [9.17, 15) is 24.1 Å².